The first-order chi connectivity index (χ1) is 11.9. The van der Waals surface area contributed by atoms with Crippen molar-refractivity contribution in [3.05, 3.63) is 58.3 Å². The molecule has 0 aliphatic carbocycles. The number of carbonyl (C=O) groups excluding carboxylic acids is 2. The van der Waals surface area contributed by atoms with E-state index in [2.05, 4.69) is 26.6 Å². The van der Waals surface area contributed by atoms with Gasteiger partial charge < -0.3 is 15.5 Å². The largest absolute Gasteiger partial charge is 0.333 e. The lowest BCUT2D eigenvalue weighted by atomic mass is 10.2. The van der Waals surface area contributed by atoms with Gasteiger partial charge in [0.05, 0.1) is 6.04 Å². The van der Waals surface area contributed by atoms with Gasteiger partial charge in [-0.15, -0.1) is 0 Å². The lowest BCUT2D eigenvalue weighted by Gasteiger charge is -2.17. The van der Waals surface area contributed by atoms with Crippen LogP contribution in [-0.2, 0) is 4.79 Å². The van der Waals surface area contributed by atoms with E-state index in [1.165, 1.54) is 17.0 Å². The Morgan fingerprint density at radius 2 is 2.08 bits per heavy atom. The van der Waals surface area contributed by atoms with Crippen LogP contribution < -0.4 is 15.5 Å². The quantitative estimate of drug-likeness (QED) is 0.814. The molecular formula is C18H17BrFN3O2. The van der Waals surface area contributed by atoms with E-state index in [0.717, 1.165) is 10.0 Å². The number of benzene rings is 2. The molecule has 0 unspecified atom stereocenters. The molecule has 130 valence electrons. The summed E-state index contributed by atoms with van der Waals surface area (Å²) in [6.07, 6.45) is 0.184. The molecule has 5 nitrogen and oxygen atoms in total. The van der Waals surface area contributed by atoms with Gasteiger partial charge in [0, 0.05) is 28.8 Å². The molecule has 1 heterocycles. The molecule has 3 amide bonds. The molecule has 0 spiro atoms. The average Bonchev–Trinajstić information content (AvgIpc) is 2.91. The van der Waals surface area contributed by atoms with Crippen LogP contribution in [-0.4, -0.2) is 24.5 Å². The highest BCUT2D eigenvalue weighted by molar-refractivity contribution is 9.10. The highest BCUT2D eigenvalue weighted by atomic mass is 79.9. The maximum atomic E-state index is 13.3. The highest BCUT2D eigenvalue weighted by Gasteiger charge is 2.31. The number of hydrogen-bond donors (Lipinski definition) is 2. The van der Waals surface area contributed by atoms with E-state index in [-0.39, 0.29) is 24.4 Å². The van der Waals surface area contributed by atoms with Gasteiger partial charge in [0.2, 0.25) is 5.91 Å². The average molecular weight is 406 g/mol. The van der Waals surface area contributed by atoms with Gasteiger partial charge in [-0.05, 0) is 48.9 Å². The Labute approximate surface area is 153 Å². The molecule has 0 radical (unpaired) electrons. The van der Waals surface area contributed by atoms with Gasteiger partial charge in [0.15, 0.2) is 0 Å². The fourth-order valence-corrected chi connectivity index (χ4v) is 3.02. The monoisotopic (exact) mass is 405 g/mol. The molecule has 3 rings (SSSR count). The number of nitrogens with zero attached hydrogens (tertiary/aromatic N) is 1. The van der Waals surface area contributed by atoms with E-state index in [9.17, 15) is 14.0 Å². The number of hydrogen-bond acceptors (Lipinski definition) is 2. The Bertz CT molecular complexity index is 828. The van der Waals surface area contributed by atoms with Gasteiger partial charge in [-0.25, -0.2) is 9.18 Å². The normalized spacial score (nSPS) is 16.8. The molecule has 2 N–H and O–H groups in total. The van der Waals surface area contributed by atoms with E-state index in [4.69, 9.17) is 0 Å². The maximum absolute atomic E-state index is 13.3. The Morgan fingerprint density at radius 3 is 2.80 bits per heavy atom. The van der Waals surface area contributed by atoms with Crippen LogP contribution in [0.3, 0.4) is 0 Å². The molecule has 2 aromatic rings. The Hall–Kier alpha value is -2.41. The number of nitrogens with one attached hydrogen (secondary N) is 2. The van der Waals surface area contributed by atoms with Crippen LogP contribution in [0.4, 0.5) is 20.6 Å². The summed E-state index contributed by atoms with van der Waals surface area (Å²) in [4.78, 5) is 25.8. The van der Waals surface area contributed by atoms with Gasteiger partial charge in [-0.1, -0.05) is 22.0 Å². The van der Waals surface area contributed by atoms with Crippen LogP contribution in [0.25, 0.3) is 0 Å². The smallest absolute Gasteiger partial charge is 0.319 e. The van der Waals surface area contributed by atoms with Crippen molar-refractivity contribution in [1.29, 1.82) is 0 Å². The van der Waals surface area contributed by atoms with Crippen molar-refractivity contribution in [2.45, 2.75) is 19.4 Å². The molecule has 2 aromatic carbocycles. The first kappa shape index (κ1) is 17.4. The van der Waals surface area contributed by atoms with E-state index in [1.54, 1.807) is 18.2 Å². The Kier molecular flexibility index (Phi) is 5.03. The number of carbonyl (C=O) groups is 2. The molecule has 1 aliphatic heterocycles. The molecule has 0 aromatic heterocycles. The Balaban J connectivity index is 1.61. The van der Waals surface area contributed by atoms with Gasteiger partial charge in [0.1, 0.15) is 5.82 Å². The standard InChI is InChI=1S/C18H17BrFN3O2/c1-11-7-13(5-6-16(11)19)21-18(25)22-14-9-17(24)23(10-14)15-4-2-3-12(20)8-15/h2-8,14H,9-10H2,1H3,(H2,21,22,25)/t14-/m1/s1. The van der Waals surface area contributed by atoms with E-state index in [1.807, 2.05) is 19.1 Å². The van der Waals surface area contributed by atoms with Crippen LogP contribution in [0.2, 0.25) is 0 Å². The van der Waals surface area contributed by atoms with E-state index >= 15 is 0 Å². The molecule has 1 atom stereocenters. The third-order valence-electron chi connectivity index (χ3n) is 4.00. The number of aryl methyl sites for hydroxylation is 1. The molecule has 0 saturated carbocycles. The van der Waals surface area contributed by atoms with Gasteiger partial charge >= 0.3 is 6.03 Å². The summed E-state index contributed by atoms with van der Waals surface area (Å²) in [6, 6.07) is 10.7. The van der Waals surface area contributed by atoms with Crippen molar-refractivity contribution in [1.82, 2.24) is 5.32 Å². The highest BCUT2D eigenvalue weighted by Crippen LogP contribution is 2.23. The Morgan fingerprint density at radius 1 is 1.28 bits per heavy atom. The molecule has 1 fully saturated rings. The van der Waals surface area contributed by atoms with Crippen molar-refractivity contribution in [3.8, 4) is 0 Å². The maximum Gasteiger partial charge on any atom is 0.319 e. The molecule has 7 heteroatoms. The number of amides is 3. The lowest BCUT2D eigenvalue weighted by molar-refractivity contribution is -0.117. The molecule has 1 saturated heterocycles. The summed E-state index contributed by atoms with van der Waals surface area (Å²) >= 11 is 3.41. The second-order valence-electron chi connectivity index (χ2n) is 5.95. The lowest BCUT2D eigenvalue weighted by Crippen LogP contribution is -2.39. The first-order valence-corrected chi connectivity index (χ1v) is 8.61. The number of anilines is 2. The predicted octanol–water partition coefficient (Wildman–Crippen LogP) is 3.82. The third-order valence-corrected chi connectivity index (χ3v) is 4.89. The van der Waals surface area contributed by atoms with Crippen molar-refractivity contribution in [2.75, 3.05) is 16.8 Å². The van der Waals surface area contributed by atoms with Gasteiger partial charge in [-0.3, -0.25) is 4.79 Å². The van der Waals surface area contributed by atoms with Crippen LogP contribution in [0.1, 0.15) is 12.0 Å². The fourth-order valence-electron chi connectivity index (χ4n) is 2.77. The summed E-state index contributed by atoms with van der Waals surface area (Å²) in [5.74, 6) is -0.541. The zero-order chi connectivity index (χ0) is 18.0. The minimum atomic E-state index is -0.398. The zero-order valence-corrected chi connectivity index (χ0v) is 15.1. The van der Waals surface area contributed by atoms with Crippen LogP contribution in [0, 0.1) is 12.7 Å². The molecule has 25 heavy (non-hydrogen) atoms. The van der Waals surface area contributed by atoms with Gasteiger partial charge in [0.25, 0.3) is 0 Å². The predicted molar refractivity (Wildman–Crippen MR) is 98.2 cm³/mol. The van der Waals surface area contributed by atoms with Crippen molar-refractivity contribution in [3.63, 3.8) is 0 Å². The van der Waals surface area contributed by atoms with E-state index in [0.29, 0.717) is 17.9 Å². The minimum Gasteiger partial charge on any atom is -0.333 e. The number of urea groups is 1. The van der Waals surface area contributed by atoms with E-state index < -0.39 is 5.82 Å². The summed E-state index contributed by atoms with van der Waals surface area (Å²) in [5, 5.41) is 5.54. The van der Waals surface area contributed by atoms with Gasteiger partial charge in [-0.2, -0.15) is 0 Å². The van der Waals surface area contributed by atoms with Crippen LogP contribution in [0.15, 0.2) is 46.9 Å². The zero-order valence-electron chi connectivity index (χ0n) is 13.6. The molecule has 0 bridgehead atoms. The van der Waals surface area contributed by atoms with Crippen LogP contribution in [0.5, 0.6) is 0 Å². The number of rotatable bonds is 3. The second-order valence-corrected chi connectivity index (χ2v) is 6.80. The second kappa shape index (κ2) is 7.23. The molecular weight excluding hydrogens is 389 g/mol. The topological polar surface area (TPSA) is 61.4 Å². The third kappa shape index (κ3) is 4.17. The van der Waals surface area contributed by atoms with Crippen LogP contribution >= 0.6 is 15.9 Å². The van der Waals surface area contributed by atoms with Crippen molar-refractivity contribution < 1.29 is 14.0 Å². The summed E-state index contributed by atoms with van der Waals surface area (Å²) in [7, 11) is 0. The summed E-state index contributed by atoms with van der Waals surface area (Å²) in [5.41, 5.74) is 2.17. The minimum absolute atomic E-state index is 0.143. The van der Waals surface area contributed by atoms with Crippen molar-refractivity contribution >= 4 is 39.2 Å². The SMILES string of the molecule is Cc1cc(NC(=O)N[C@@H]2CC(=O)N(c3cccc(F)c3)C2)ccc1Br. The number of halogens is 2. The molecule has 1 aliphatic rings. The fraction of sp³-hybridized carbons (Fsp3) is 0.222. The summed E-state index contributed by atoms with van der Waals surface area (Å²) in [6.45, 7) is 2.24. The first-order valence-electron chi connectivity index (χ1n) is 7.82. The summed E-state index contributed by atoms with van der Waals surface area (Å²) < 4.78 is 14.3. The van der Waals surface area contributed by atoms with Crippen molar-refractivity contribution in [2.24, 2.45) is 0 Å².